The molecule has 158 valence electrons. The third-order valence-corrected chi connectivity index (χ3v) is 6.37. The van der Waals surface area contributed by atoms with Crippen LogP contribution in [-0.2, 0) is 11.2 Å². The number of ether oxygens (including phenoxy) is 1. The van der Waals surface area contributed by atoms with Crippen molar-refractivity contribution < 1.29 is 4.74 Å². The Balaban J connectivity index is 1.51. The molecule has 5 rings (SSSR count). The maximum absolute atomic E-state index is 12.6. The van der Waals surface area contributed by atoms with Crippen molar-refractivity contribution in [1.29, 1.82) is 0 Å². The van der Waals surface area contributed by atoms with Gasteiger partial charge in [-0.05, 0) is 48.2 Å². The molecule has 2 N–H and O–H groups in total. The molecule has 3 aromatic heterocycles. The van der Waals surface area contributed by atoms with Crippen LogP contribution in [0.25, 0.3) is 22.2 Å². The Morgan fingerprint density at radius 1 is 1.13 bits per heavy atom. The summed E-state index contributed by atoms with van der Waals surface area (Å²) in [5.41, 5.74) is 3.44. The van der Waals surface area contributed by atoms with E-state index >= 15 is 0 Å². The quantitative estimate of drug-likeness (QED) is 0.491. The van der Waals surface area contributed by atoms with Gasteiger partial charge in [-0.15, -0.1) is 11.3 Å². The van der Waals surface area contributed by atoms with E-state index in [0.29, 0.717) is 11.2 Å². The molecule has 1 fully saturated rings. The molecule has 4 aromatic rings. The van der Waals surface area contributed by atoms with E-state index in [9.17, 15) is 4.79 Å². The van der Waals surface area contributed by atoms with Crippen LogP contribution in [0, 0.1) is 0 Å². The van der Waals surface area contributed by atoms with Gasteiger partial charge < -0.3 is 19.9 Å². The Hall–Kier alpha value is -3.23. The van der Waals surface area contributed by atoms with Crippen molar-refractivity contribution in [3.05, 3.63) is 63.3 Å². The molecule has 31 heavy (non-hydrogen) atoms. The van der Waals surface area contributed by atoms with Gasteiger partial charge in [0.05, 0.1) is 35.0 Å². The summed E-state index contributed by atoms with van der Waals surface area (Å²) in [6, 6.07) is 12.0. The summed E-state index contributed by atoms with van der Waals surface area (Å²) in [4.78, 5) is 27.1. The number of pyridine rings is 2. The third-order valence-electron chi connectivity index (χ3n) is 5.38. The van der Waals surface area contributed by atoms with Crippen molar-refractivity contribution in [2.24, 2.45) is 0 Å². The zero-order valence-corrected chi connectivity index (χ0v) is 18.0. The molecule has 0 aliphatic carbocycles. The van der Waals surface area contributed by atoms with Gasteiger partial charge in [0.2, 0.25) is 0 Å². The van der Waals surface area contributed by atoms with E-state index < -0.39 is 0 Å². The Labute approximate surface area is 183 Å². The molecule has 0 unspecified atom stereocenters. The van der Waals surface area contributed by atoms with Crippen molar-refractivity contribution in [3.63, 3.8) is 0 Å². The van der Waals surface area contributed by atoms with Crippen LogP contribution in [0.5, 0.6) is 0 Å². The highest BCUT2D eigenvalue weighted by Crippen LogP contribution is 2.29. The fourth-order valence-corrected chi connectivity index (χ4v) is 4.48. The highest BCUT2D eigenvalue weighted by Gasteiger charge is 2.14. The fourth-order valence-electron chi connectivity index (χ4n) is 3.74. The predicted molar refractivity (Wildman–Crippen MR) is 126 cm³/mol. The molecule has 0 atom stereocenters. The molecule has 7 nitrogen and oxygen atoms in total. The summed E-state index contributed by atoms with van der Waals surface area (Å²) in [6.07, 6.45) is 2.55. The summed E-state index contributed by atoms with van der Waals surface area (Å²) in [6.45, 7) is 5.38. The van der Waals surface area contributed by atoms with E-state index in [-0.39, 0.29) is 5.56 Å². The molecule has 4 heterocycles. The van der Waals surface area contributed by atoms with E-state index in [4.69, 9.17) is 9.72 Å². The zero-order chi connectivity index (χ0) is 21.2. The second-order valence-electron chi connectivity index (χ2n) is 7.38. The standard InChI is InChI=1S/C23H23N5O2S/c1-2-20-26-19(14-31-20)18-13-15-7-8-24-23(29)21(15)22(27-18)25-16-3-5-17(6-4-16)28-9-11-30-12-10-28/h3-8,13-14H,2,9-12H2,1H3,(H,24,29)(H,25,27). The number of aryl methyl sites for hydroxylation is 1. The first-order chi connectivity index (χ1) is 15.2. The lowest BCUT2D eigenvalue weighted by atomic mass is 10.1. The molecular weight excluding hydrogens is 410 g/mol. The van der Waals surface area contributed by atoms with Gasteiger partial charge in [0.15, 0.2) is 0 Å². The summed E-state index contributed by atoms with van der Waals surface area (Å²) in [5, 5.41) is 7.79. The molecule has 0 saturated carbocycles. The Kier molecular flexibility index (Phi) is 5.40. The number of fused-ring (bicyclic) bond motifs is 1. The van der Waals surface area contributed by atoms with E-state index in [1.807, 2.05) is 29.6 Å². The lowest BCUT2D eigenvalue weighted by Crippen LogP contribution is -2.36. The van der Waals surface area contributed by atoms with Gasteiger partial charge in [0.1, 0.15) is 5.82 Å². The largest absolute Gasteiger partial charge is 0.378 e. The Morgan fingerprint density at radius 2 is 1.94 bits per heavy atom. The molecular formula is C23H23N5O2S. The van der Waals surface area contributed by atoms with Crippen LogP contribution in [0.4, 0.5) is 17.2 Å². The number of aromatic nitrogens is 3. The van der Waals surface area contributed by atoms with E-state index in [0.717, 1.165) is 65.9 Å². The molecule has 1 aromatic carbocycles. The number of rotatable bonds is 5. The number of nitrogens with one attached hydrogen (secondary N) is 2. The van der Waals surface area contributed by atoms with Crippen LogP contribution in [0.15, 0.2) is 52.8 Å². The number of thiazole rings is 1. The van der Waals surface area contributed by atoms with Crippen LogP contribution >= 0.6 is 11.3 Å². The maximum Gasteiger partial charge on any atom is 0.259 e. The van der Waals surface area contributed by atoms with Crippen molar-refractivity contribution in [1.82, 2.24) is 15.0 Å². The zero-order valence-electron chi connectivity index (χ0n) is 17.2. The first kappa shape index (κ1) is 19.7. The van der Waals surface area contributed by atoms with Gasteiger partial charge in [-0.3, -0.25) is 4.79 Å². The minimum absolute atomic E-state index is 0.170. The highest BCUT2D eigenvalue weighted by atomic mass is 32.1. The summed E-state index contributed by atoms with van der Waals surface area (Å²) < 4.78 is 5.43. The average Bonchev–Trinajstić information content (AvgIpc) is 3.30. The predicted octanol–water partition coefficient (Wildman–Crippen LogP) is 4.19. The summed E-state index contributed by atoms with van der Waals surface area (Å²) in [5.74, 6) is 0.527. The topological polar surface area (TPSA) is 83.1 Å². The van der Waals surface area contributed by atoms with Crippen LogP contribution in [0.1, 0.15) is 11.9 Å². The van der Waals surface area contributed by atoms with Crippen LogP contribution in [0.2, 0.25) is 0 Å². The first-order valence-electron chi connectivity index (χ1n) is 10.4. The van der Waals surface area contributed by atoms with Gasteiger partial charge in [-0.2, -0.15) is 0 Å². The van der Waals surface area contributed by atoms with E-state index in [1.54, 1.807) is 17.5 Å². The first-order valence-corrected chi connectivity index (χ1v) is 11.3. The smallest absolute Gasteiger partial charge is 0.259 e. The highest BCUT2D eigenvalue weighted by molar-refractivity contribution is 7.09. The van der Waals surface area contributed by atoms with E-state index in [1.165, 1.54) is 0 Å². The number of hydrogen-bond donors (Lipinski definition) is 2. The van der Waals surface area contributed by atoms with Gasteiger partial charge in [-0.1, -0.05) is 6.92 Å². The summed E-state index contributed by atoms with van der Waals surface area (Å²) >= 11 is 1.62. The van der Waals surface area contributed by atoms with Gasteiger partial charge >= 0.3 is 0 Å². The Bertz CT molecular complexity index is 1260. The number of benzene rings is 1. The summed E-state index contributed by atoms with van der Waals surface area (Å²) in [7, 11) is 0. The van der Waals surface area contributed by atoms with Gasteiger partial charge in [-0.25, -0.2) is 9.97 Å². The maximum atomic E-state index is 12.6. The van der Waals surface area contributed by atoms with Crippen molar-refractivity contribution in [2.45, 2.75) is 13.3 Å². The number of morpholine rings is 1. The molecule has 1 saturated heterocycles. The normalized spacial score (nSPS) is 14.2. The number of anilines is 3. The molecule has 1 aliphatic heterocycles. The third kappa shape index (κ3) is 4.04. The number of H-pyrrole nitrogens is 1. The SMILES string of the molecule is CCc1nc(-c2cc3cc[nH]c(=O)c3c(Nc3ccc(N4CCOCC4)cc3)n2)cs1. The van der Waals surface area contributed by atoms with E-state index in [2.05, 4.69) is 39.2 Å². The van der Waals surface area contributed by atoms with Gasteiger partial charge in [0.25, 0.3) is 5.56 Å². The lowest BCUT2D eigenvalue weighted by Gasteiger charge is -2.28. The molecule has 0 amide bonds. The average molecular weight is 434 g/mol. The van der Waals surface area contributed by atoms with Crippen LogP contribution < -0.4 is 15.8 Å². The molecule has 1 aliphatic rings. The monoisotopic (exact) mass is 433 g/mol. The van der Waals surface area contributed by atoms with Gasteiger partial charge in [0, 0.05) is 36.0 Å². The minimum Gasteiger partial charge on any atom is -0.378 e. The van der Waals surface area contributed by atoms with Crippen molar-refractivity contribution in [3.8, 4) is 11.4 Å². The second kappa shape index (κ2) is 8.49. The lowest BCUT2D eigenvalue weighted by molar-refractivity contribution is 0.122. The molecule has 0 spiro atoms. The number of nitrogens with zero attached hydrogens (tertiary/aromatic N) is 3. The van der Waals surface area contributed by atoms with Crippen LogP contribution in [0.3, 0.4) is 0 Å². The molecule has 0 radical (unpaired) electrons. The van der Waals surface area contributed by atoms with Crippen molar-refractivity contribution >= 4 is 39.3 Å². The Morgan fingerprint density at radius 3 is 2.68 bits per heavy atom. The van der Waals surface area contributed by atoms with Crippen LogP contribution in [-0.4, -0.2) is 41.3 Å². The fraction of sp³-hybridized carbons (Fsp3) is 0.261. The minimum atomic E-state index is -0.170. The molecule has 8 heteroatoms. The second-order valence-corrected chi connectivity index (χ2v) is 8.32. The molecule has 0 bridgehead atoms. The number of aromatic amines is 1. The number of hydrogen-bond acceptors (Lipinski definition) is 7. The van der Waals surface area contributed by atoms with Crippen molar-refractivity contribution in [2.75, 3.05) is 36.5 Å².